The number of carbonyl (C=O) groups is 3. The maximum absolute atomic E-state index is 12.6. The van der Waals surface area contributed by atoms with Gasteiger partial charge in [-0.05, 0) is 12.8 Å². The predicted octanol–water partition coefficient (Wildman–Crippen LogP) is -6.79. The molecule has 0 saturated heterocycles. The number of guanidine groups is 1. The molecule has 0 aliphatic carbocycles. The predicted molar refractivity (Wildman–Crippen MR) is 103 cm³/mol. The Kier molecular flexibility index (Phi) is 11.9. The van der Waals surface area contributed by atoms with E-state index in [4.69, 9.17) is 16.4 Å². The van der Waals surface area contributed by atoms with Crippen molar-refractivity contribution in [3.05, 3.63) is 12.2 Å². The van der Waals surface area contributed by atoms with Crippen LogP contribution in [-0.2, 0) is 18.9 Å². The van der Waals surface area contributed by atoms with Crippen LogP contribution in [0, 0.1) is 5.92 Å². The van der Waals surface area contributed by atoms with Gasteiger partial charge in [0, 0.05) is 12.1 Å². The minimum atomic E-state index is -4.63. The molecule has 0 aliphatic heterocycles. The summed E-state index contributed by atoms with van der Waals surface area (Å²) in [5.41, 5.74) is 14.3. The summed E-state index contributed by atoms with van der Waals surface area (Å²) in [7, 11) is -4.63. The summed E-state index contributed by atoms with van der Waals surface area (Å²) < 4.78 is 10.8. The Morgan fingerprint density at radius 2 is 1.83 bits per heavy atom. The Labute approximate surface area is 174 Å². The number of hydrogen-bond donors (Lipinski definition) is 7. The second kappa shape index (κ2) is 13.0. The molecule has 0 saturated carbocycles. The number of allylic oxidation sites excluding steroid dienone is 1. The van der Waals surface area contributed by atoms with Crippen LogP contribution >= 0.6 is 7.60 Å². The highest BCUT2D eigenvalue weighted by atomic mass is 31.2. The molecule has 0 radical (unpaired) electrons. The second-order valence-electron chi connectivity index (χ2n) is 6.99. The summed E-state index contributed by atoms with van der Waals surface area (Å²) >= 11 is 0. The SMILES string of the molecule is CC(C)[C@H]([NH3+])C(=O)N[C@@H](CCC[NH+]=C(N)N)C(=O)N[C@@H](/C=C\CP(=O)([O-])O)C(=O)[O-]. The molecule has 2 amide bonds. The number of nitrogens with one attached hydrogen (secondary N) is 3. The summed E-state index contributed by atoms with van der Waals surface area (Å²) in [6.45, 7) is 3.87. The highest BCUT2D eigenvalue weighted by Crippen LogP contribution is 2.28. The van der Waals surface area contributed by atoms with Crippen molar-refractivity contribution in [1.82, 2.24) is 10.6 Å². The van der Waals surface area contributed by atoms with Crippen molar-refractivity contribution in [2.24, 2.45) is 17.4 Å². The third-order valence-corrected chi connectivity index (χ3v) is 4.66. The van der Waals surface area contributed by atoms with Gasteiger partial charge in [-0.1, -0.05) is 26.0 Å². The molecule has 0 aromatic heterocycles. The highest BCUT2D eigenvalue weighted by Gasteiger charge is 2.28. The molecule has 0 bridgehead atoms. The van der Waals surface area contributed by atoms with E-state index in [1.54, 1.807) is 13.8 Å². The number of quaternary nitrogens is 1. The number of nitrogens with two attached hydrogens (primary N) is 2. The molecule has 1 unspecified atom stereocenters. The van der Waals surface area contributed by atoms with Crippen LogP contribution < -0.4 is 42.8 Å². The number of carbonyl (C=O) groups excluding carboxylic acids is 3. The van der Waals surface area contributed by atoms with E-state index in [1.807, 2.05) is 0 Å². The van der Waals surface area contributed by atoms with Gasteiger partial charge in [-0.2, -0.15) is 0 Å². The van der Waals surface area contributed by atoms with Crippen LogP contribution in [0.3, 0.4) is 0 Å². The summed E-state index contributed by atoms with van der Waals surface area (Å²) in [6.07, 6.45) is 1.40. The fraction of sp³-hybridized carbons (Fsp3) is 0.625. The van der Waals surface area contributed by atoms with Gasteiger partial charge in [-0.3, -0.25) is 26.0 Å². The molecule has 0 aromatic carbocycles. The van der Waals surface area contributed by atoms with Gasteiger partial charge < -0.3 is 40.6 Å². The topological polar surface area (TPSA) is 252 Å². The lowest BCUT2D eigenvalue weighted by Gasteiger charge is -2.23. The van der Waals surface area contributed by atoms with E-state index >= 15 is 0 Å². The third-order valence-electron chi connectivity index (χ3n) is 3.99. The average molecular weight is 450 g/mol. The van der Waals surface area contributed by atoms with Crippen LogP contribution in [0.5, 0.6) is 0 Å². The van der Waals surface area contributed by atoms with Crippen LogP contribution in [0.4, 0.5) is 0 Å². The minimum absolute atomic E-state index is 0.0145. The molecule has 0 aliphatic rings. The van der Waals surface area contributed by atoms with Crippen LogP contribution in [0.15, 0.2) is 12.2 Å². The first kappa shape index (κ1) is 27.5. The van der Waals surface area contributed by atoms with Crippen molar-refractivity contribution in [3.63, 3.8) is 0 Å². The van der Waals surface area contributed by atoms with Crippen LogP contribution in [0.25, 0.3) is 0 Å². The fourth-order valence-electron chi connectivity index (χ4n) is 2.16. The molecular formula is C16H31N6O7P. The molecule has 14 heteroatoms. The standard InChI is InChI=1S/C16H31N6O7P/c1-9(2)12(17)14(24)21-10(5-3-7-20-16(18)19)13(23)22-11(15(25)26)6-4-8-30(27,28)29/h4,6,9-12H,3,5,7-8,17H2,1-2H3,(H,21,24)(H,22,23)(H,25,26)(H4,18,19,20)(H2,27,28,29)/b6-4-/t10-,11-,12-/m0/s1. The first-order valence-electron chi connectivity index (χ1n) is 9.20. The van der Waals surface area contributed by atoms with Gasteiger partial charge >= 0.3 is 5.96 Å². The zero-order chi connectivity index (χ0) is 23.5. The van der Waals surface area contributed by atoms with E-state index in [0.29, 0.717) is 13.0 Å². The summed E-state index contributed by atoms with van der Waals surface area (Å²) in [5.74, 6) is -3.12. The largest absolute Gasteiger partial charge is 0.778 e. The number of rotatable bonds is 13. The summed E-state index contributed by atoms with van der Waals surface area (Å²) in [4.78, 5) is 58.2. The molecule has 0 spiro atoms. The van der Waals surface area contributed by atoms with Crippen LogP contribution in [-0.4, -0.2) is 59.5 Å². The molecule has 11 N–H and O–H groups in total. The monoisotopic (exact) mass is 450 g/mol. The zero-order valence-electron chi connectivity index (χ0n) is 17.0. The normalized spacial score (nSPS) is 16.3. The molecule has 13 nitrogen and oxygen atoms in total. The van der Waals surface area contributed by atoms with Crippen LogP contribution in [0.2, 0.25) is 0 Å². The van der Waals surface area contributed by atoms with Crippen molar-refractivity contribution in [2.75, 3.05) is 12.7 Å². The lowest BCUT2D eigenvalue weighted by Crippen LogP contribution is -2.78. The molecule has 0 aromatic rings. The quantitative estimate of drug-likeness (QED) is 0.0462. The van der Waals surface area contributed by atoms with Gasteiger partial charge in [0.1, 0.15) is 13.6 Å². The number of aliphatic carboxylic acids is 1. The van der Waals surface area contributed by atoms with Crippen molar-refractivity contribution in [2.45, 2.75) is 44.8 Å². The average Bonchev–Trinajstić information content (AvgIpc) is 2.60. The van der Waals surface area contributed by atoms with E-state index in [0.717, 1.165) is 12.2 Å². The van der Waals surface area contributed by atoms with Crippen molar-refractivity contribution < 1.29 is 44.6 Å². The Bertz CT molecular complexity index is 702. The number of amides is 2. The lowest BCUT2D eigenvalue weighted by molar-refractivity contribution is -0.459. The molecule has 0 rings (SSSR count). The van der Waals surface area contributed by atoms with E-state index in [2.05, 4.69) is 21.4 Å². The van der Waals surface area contributed by atoms with E-state index in [1.165, 1.54) is 0 Å². The Hall–Kier alpha value is -2.47. The third kappa shape index (κ3) is 12.2. The van der Waals surface area contributed by atoms with Gasteiger partial charge in [0.25, 0.3) is 5.91 Å². The van der Waals surface area contributed by atoms with Gasteiger partial charge in [0.05, 0.1) is 18.6 Å². The van der Waals surface area contributed by atoms with E-state index in [-0.39, 0.29) is 18.3 Å². The van der Waals surface area contributed by atoms with Crippen LogP contribution in [0.1, 0.15) is 26.7 Å². The Morgan fingerprint density at radius 3 is 2.30 bits per heavy atom. The molecular weight excluding hydrogens is 419 g/mol. The number of carboxylic acids is 1. The Morgan fingerprint density at radius 1 is 1.23 bits per heavy atom. The lowest BCUT2D eigenvalue weighted by atomic mass is 10.0. The van der Waals surface area contributed by atoms with Crippen molar-refractivity contribution in [3.8, 4) is 0 Å². The first-order chi connectivity index (χ1) is 13.7. The molecule has 30 heavy (non-hydrogen) atoms. The first-order valence-corrected chi connectivity index (χ1v) is 11.0. The maximum Gasteiger partial charge on any atom is 0.338 e. The van der Waals surface area contributed by atoms with Crippen molar-refractivity contribution >= 4 is 31.3 Å². The smallest absolute Gasteiger partial charge is 0.338 e. The van der Waals surface area contributed by atoms with E-state index in [9.17, 15) is 28.9 Å². The molecule has 0 heterocycles. The zero-order valence-corrected chi connectivity index (χ0v) is 17.9. The number of carboxylic acid groups (broad SMARTS) is 1. The molecule has 172 valence electrons. The summed E-state index contributed by atoms with van der Waals surface area (Å²) in [5, 5.41) is 15.9. The number of hydrogen-bond acceptors (Lipinski definition) is 6. The molecule has 0 fully saturated rings. The highest BCUT2D eigenvalue weighted by molar-refractivity contribution is 7.50. The maximum atomic E-state index is 12.6. The van der Waals surface area contributed by atoms with E-state index < -0.39 is 49.7 Å². The molecule has 4 atom stereocenters. The second-order valence-corrected chi connectivity index (χ2v) is 8.63. The van der Waals surface area contributed by atoms with Gasteiger partial charge in [-0.15, -0.1) is 0 Å². The van der Waals surface area contributed by atoms with Gasteiger partial charge in [0.2, 0.25) is 5.91 Å². The summed E-state index contributed by atoms with van der Waals surface area (Å²) in [6, 6.07) is -3.41. The van der Waals surface area contributed by atoms with Gasteiger partial charge in [-0.25, -0.2) is 0 Å². The van der Waals surface area contributed by atoms with Gasteiger partial charge in [0.15, 0.2) is 6.04 Å². The Balaban J connectivity index is 5.28. The van der Waals surface area contributed by atoms with Crippen molar-refractivity contribution in [1.29, 1.82) is 0 Å². The minimum Gasteiger partial charge on any atom is -0.778 e. The fourth-order valence-corrected chi connectivity index (χ4v) is 2.55.